The van der Waals surface area contributed by atoms with Crippen LogP contribution >= 0.6 is 0 Å². The highest BCUT2D eigenvalue weighted by Gasteiger charge is 2.15. The summed E-state index contributed by atoms with van der Waals surface area (Å²) in [7, 11) is 0. The van der Waals surface area contributed by atoms with Crippen LogP contribution in [0.25, 0.3) is 0 Å². The first-order valence-corrected chi connectivity index (χ1v) is 6.71. The highest BCUT2D eigenvalue weighted by molar-refractivity contribution is 5.21. The van der Waals surface area contributed by atoms with E-state index in [2.05, 4.69) is 10.3 Å². The van der Waals surface area contributed by atoms with E-state index in [4.69, 9.17) is 0 Å². The van der Waals surface area contributed by atoms with Gasteiger partial charge in [0.15, 0.2) is 0 Å². The second kappa shape index (κ2) is 6.96. The van der Waals surface area contributed by atoms with Crippen molar-refractivity contribution in [3.63, 3.8) is 0 Å². The molecule has 0 saturated carbocycles. The lowest BCUT2D eigenvalue weighted by molar-refractivity contribution is 0.434. The first kappa shape index (κ1) is 14.4. The quantitative estimate of drug-likeness (QED) is 0.878. The summed E-state index contributed by atoms with van der Waals surface area (Å²) in [6.07, 6.45) is 4.06. The van der Waals surface area contributed by atoms with E-state index in [1.807, 2.05) is 6.92 Å². The molecule has 1 atom stereocenters. The molecular formula is C15H18FN3O. The fraction of sp³-hybridized carbons (Fsp3) is 0.333. The molecule has 106 valence electrons. The summed E-state index contributed by atoms with van der Waals surface area (Å²) in [5.41, 5.74) is 0.240. The van der Waals surface area contributed by atoms with Gasteiger partial charge in [-0.3, -0.25) is 4.57 Å². The third kappa shape index (κ3) is 3.51. The van der Waals surface area contributed by atoms with Gasteiger partial charge in [0, 0.05) is 24.5 Å². The maximum Gasteiger partial charge on any atom is 0.347 e. The van der Waals surface area contributed by atoms with Crippen molar-refractivity contribution in [1.29, 1.82) is 0 Å². The van der Waals surface area contributed by atoms with Crippen molar-refractivity contribution in [3.8, 4) is 0 Å². The molecule has 2 aromatic rings. The molecule has 0 aliphatic heterocycles. The number of rotatable bonds is 6. The number of hydrogen-bond donors (Lipinski definition) is 1. The monoisotopic (exact) mass is 275 g/mol. The summed E-state index contributed by atoms with van der Waals surface area (Å²) in [6, 6.07) is 8.07. The molecular weight excluding hydrogens is 257 g/mol. The largest absolute Gasteiger partial charge is 0.347 e. The van der Waals surface area contributed by atoms with Gasteiger partial charge in [-0.25, -0.2) is 14.2 Å². The van der Waals surface area contributed by atoms with Gasteiger partial charge in [-0.1, -0.05) is 25.1 Å². The molecule has 5 heteroatoms. The van der Waals surface area contributed by atoms with Gasteiger partial charge >= 0.3 is 5.69 Å². The zero-order valence-corrected chi connectivity index (χ0v) is 11.4. The lowest BCUT2D eigenvalue weighted by Crippen LogP contribution is -2.32. The van der Waals surface area contributed by atoms with Gasteiger partial charge in [-0.2, -0.15) is 0 Å². The average molecular weight is 275 g/mol. The van der Waals surface area contributed by atoms with Crippen LogP contribution in [0.3, 0.4) is 0 Å². The minimum Gasteiger partial charge on any atom is -0.308 e. The number of halogens is 1. The summed E-state index contributed by atoms with van der Waals surface area (Å²) in [4.78, 5) is 15.4. The topological polar surface area (TPSA) is 46.9 Å². The van der Waals surface area contributed by atoms with Gasteiger partial charge in [0.1, 0.15) is 5.82 Å². The summed E-state index contributed by atoms with van der Waals surface area (Å²) in [6.45, 7) is 3.16. The predicted molar refractivity (Wildman–Crippen MR) is 75.9 cm³/mol. The Labute approximate surface area is 117 Å². The average Bonchev–Trinajstić information content (AvgIpc) is 2.46. The summed E-state index contributed by atoms with van der Waals surface area (Å²) in [5.74, 6) is -0.266. The Morgan fingerprint density at radius 3 is 2.85 bits per heavy atom. The zero-order chi connectivity index (χ0) is 14.4. The second-order valence-corrected chi connectivity index (χ2v) is 4.58. The molecule has 2 rings (SSSR count). The van der Waals surface area contributed by atoms with Crippen molar-refractivity contribution in [2.45, 2.75) is 25.9 Å². The van der Waals surface area contributed by atoms with Crippen LogP contribution in [0, 0.1) is 5.82 Å². The number of benzene rings is 1. The van der Waals surface area contributed by atoms with E-state index >= 15 is 0 Å². The Hall–Kier alpha value is -2.01. The molecule has 1 N–H and O–H groups in total. The van der Waals surface area contributed by atoms with Crippen LogP contribution < -0.4 is 11.0 Å². The van der Waals surface area contributed by atoms with Crippen molar-refractivity contribution in [3.05, 3.63) is 64.6 Å². The first-order valence-electron chi connectivity index (χ1n) is 6.71. The second-order valence-electron chi connectivity index (χ2n) is 4.58. The summed E-state index contributed by atoms with van der Waals surface area (Å²) >= 11 is 0. The Bertz CT molecular complexity index is 612. The number of nitrogens with one attached hydrogen (secondary N) is 1. The molecule has 1 unspecified atom stereocenters. The third-order valence-electron chi connectivity index (χ3n) is 3.08. The van der Waals surface area contributed by atoms with Crippen molar-refractivity contribution >= 4 is 0 Å². The van der Waals surface area contributed by atoms with Crippen LogP contribution in [-0.2, 0) is 6.54 Å². The van der Waals surface area contributed by atoms with Crippen molar-refractivity contribution in [2.24, 2.45) is 0 Å². The maximum absolute atomic E-state index is 13.9. The Morgan fingerprint density at radius 1 is 1.35 bits per heavy atom. The lowest BCUT2D eigenvalue weighted by atomic mass is 10.1. The van der Waals surface area contributed by atoms with Crippen LogP contribution in [0.2, 0.25) is 0 Å². The highest BCUT2D eigenvalue weighted by atomic mass is 19.1. The van der Waals surface area contributed by atoms with Gasteiger partial charge < -0.3 is 5.32 Å². The molecule has 1 aromatic carbocycles. The van der Waals surface area contributed by atoms with E-state index in [9.17, 15) is 9.18 Å². The van der Waals surface area contributed by atoms with Gasteiger partial charge in [0.25, 0.3) is 0 Å². The van der Waals surface area contributed by atoms with Crippen LogP contribution in [0.4, 0.5) is 4.39 Å². The number of nitrogens with zero attached hydrogens (tertiary/aromatic N) is 2. The van der Waals surface area contributed by atoms with Crippen LogP contribution in [0.5, 0.6) is 0 Å². The molecule has 0 amide bonds. The van der Waals surface area contributed by atoms with Crippen molar-refractivity contribution in [2.75, 3.05) is 6.54 Å². The van der Waals surface area contributed by atoms with E-state index < -0.39 is 0 Å². The molecule has 0 spiro atoms. The molecule has 0 saturated heterocycles. The van der Waals surface area contributed by atoms with Gasteiger partial charge in [-0.15, -0.1) is 0 Å². The fourth-order valence-electron chi connectivity index (χ4n) is 2.07. The van der Waals surface area contributed by atoms with Crippen LogP contribution in [-0.4, -0.2) is 16.1 Å². The predicted octanol–water partition coefficient (Wildman–Crippen LogP) is 2.12. The zero-order valence-electron chi connectivity index (χ0n) is 11.4. The molecule has 0 fully saturated rings. The smallest absolute Gasteiger partial charge is 0.308 e. The molecule has 0 aliphatic carbocycles. The van der Waals surface area contributed by atoms with Gasteiger partial charge in [0.05, 0.1) is 6.04 Å². The van der Waals surface area contributed by atoms with Gasteiger partial charge in [0.2, 0.25) is 0 Å². The molecule has 0 bridgehead atoms. The fourth-order valence-corrected chi connectivity index (χ4v) is 2.07. The van der Waals surface area contributed by atoms with E-state index in [1.165, 1.54) is 16.8 Å². The molecule has 4 nitrogen and oxygen atoms in total. The minimum atomic E-state index is -0.327. The molecule has 20 heavy (non-hydrogen) atoms. The summed E-state index contributed by atoms with van der Waals surface area (Å²) < 4.78 is 15.4. The molecule has 0 radical (unpaired) electrons. The SMILES string of the molecule is CCCNC(Cn1cccnc1=O)c1ccccc1F. The first-order chi connectivity index (χ1) is 9.72. The standard InChI is InChI=1S/C15H18FN3O/c1-2-8-17-14(12-6-3-4-7-13(12)16)11-19-10-5-9-18-15(19)20/h3-7,9-10,14,17H,2,8,11H2,1H3. The molecule has 0 aliphatic rings. The van der Waals surface area contributed by atoms with E-state index in [1.54, 1.807) is 30.5 Å². The Balaban J connectivity index is 2.27. The summed E-state index contributed by atoms with van der Waals surface area (Å²) in [5, 5.41) is 3.27. The van der Waals surface area contributed by atoms with E-state index in [-0.39, 0.29) is 17.5 Å². The van der Waals surface area contributed by atoms with E-state index in [0.717, 1.165) is 13.0 Å². The molecule has 1 heterocycles. The number of aromatic nitrogens is 2. The van der Waals surface area contributed by atoms with Gasteiger partial charge in [-0.05, 0) is 25.1 Å². The van der Waals surface area contributed by atoms with Crippen LogP contribution in [0.15, 0.2) is 47.5 Å². The maximum atomic E-state index is 13.9. The van der Waals surface area contributed by atoms with E-state index in [0.29, 0.717) is 12.1 Å². The minimum absolute atomic E-state index is 0.252. The number of hydrogen-bond acceptors (Lipinski definition) is 3. The van der Waals surface area contributed by atoms with Crippen molar-refractivity contribution in [1.82, 2.24) is 14.9 Å². The Morgan fingerprint density at radius 2 is 2.15 bits per heavy atom. The third-order valence-corrected chi connectivity index (χ3v) is 3.08. The van der Waals surface area contributed by atoms with Crippen molar-refractivity contribution < 1.29 is 4.39 Å². The highest BCUT2D eigenvalue weighted by Crippen LogP contribution is 2.18. The lowest BCUT2D eigenvalue weighted by Gasteiger charge is -2.20. The van der Waals surface area contributed by atoms with Crippen LogP contribution in [0.1, 0.15) is 24.9 Å². The molecule has 1 aromatic heterocycles. The normalized spacial score (nSPS) is 12.3. The Kier molecular flexibility index (Phi) is 5.01.